The molecule has 0 radical (unpaired) electrons. The van der Waals surface area contributed by atoms with E-state index in [1.165, 1.54) is 26.1 Å². The first-order chi connectivity index (χ1) is 17.7. The summed E-state index contributed by atoms with van der Waals surface area (Å²) < 4.78 is 20.3. The summed E-state index contributed by atoms with van der Waals surface area (Å²) in [4.78, 5) is 24.4. The number of methoxy groups -OCH3 is 1. The lowest BCUT2D eigenvalue weighted by molar-refractivity contribution is 0.102. The van der Waals surface area contributed by atoms with Crippen LogP contribution in [-0.2, 0) is 11.0 Å². The number of rotatable bonds is 11. The molecule has 1 unspecified atom stereocenters. The summed E-state index contributed by atoms with van der Waals surface area (Å²) in [5, 5.41) is 24.7. The van der Waals surface area contributed by atoms with Gasteiger partial charge in [-0.3, -0.25) is 9.52 Å². The maximum Gasteiger partial charge on any atom is 0.260 e. The zero-order valence-electron chi connectivity index (χ0n) is 21.5. The molecule has 2 aromatic rings. The largest absolute Gasteiger partial charge is 0.493 e. The second-order valence-electron chi connectivity index (χ2n) is 10.3. The lowest BCUT2D eigenvalue weighted by atomic mass is 9.93. The first-order valence-electron chi connectivity index (χ1n) is 12.4. The van der Waals surface area contributed by atoms with Gasteiger partial charge < -0.3 is 30.5 Å². The van der Waals surface area contributed by atoms with Crippen molar-refractivity contribution in [1.29, 1.82) is 0 Å². The molecular weight excluding hydrogens is 496 g/mol. The van der Waals surface area contributed by atoms with Crippen LogP contribution >= 0.6 is 0 Å². The third-order valence-corrected chi connectivity index (χ3v) is 7.91. The van der Waals surface area contributed by atoms with Gasteiger partial charge in [0.05, 0.1) is 42.9 Å². The summed E-state index contributed by atoms with van der Waals surface area (Å²) in [6.45, 7) is 4.98. The first-order valence-corrected chi connectivity index (χ1v) is 13.8. The van der Waals surface area contributed by atoms with Crippen molar-refractivity contribution in [1.82, 2.24) is 9.97 Å². The average Bonchev–Trinajstić information content (AvgIpc) is 3.63. The molecule has 11 nitrogen and oxygen atoms in total. The Hall–Kier alpha value is -2.96. The van der Waals surface area contributed by atoms with Crippen LogP contribution in [0.4, 0.5) is 23.1 Å². The van der Waals surface area contributed by atoms with E-state index in [0.29, 0.717) is 39.9 Å². The number of ether oxygens (including phenoxy) is 1. The molecule has 1 saturated heterocycles. The second-order valence-corrected chi connectivity index (χ2v) is 11.6. The molecule has 1 aliphatic heterocycles. The fourth-order valence-corrected chi connectivity index (χ4v) is 5.01. The van der Waals surface area contributed by atoms with Crippen LogP contribution < -0.4 is 25.0 Å². The van der Waals surface area contributed by atoms with Crippen molar-refractivity contribution in [2.24, 2.45) is 5.41 Å². The van der Waals surface area contributed by atoms with Gasteiger partial charge in [0.2, 0.25) is 0 Å². The van der Waals surface area contributed by atoms with Crippen LogP contribution in [-0.4, -0.2) is 75.0 Å². The molecule has 1 amide bonds. The van der Waals surface area contributed by atoms with Gasteiger partial charge in [-0.05, 0) is 57.1 Å². The number of piperidine rings is 1. The van der Waals surface area contributed by atoms with Crippen LogP contribution in [0.2, 0.25) is 0 Å². The fourth-order valence-electron chi connectivity index (χ4n) is 4.40. The molecule has 0 bridgehead atoms. The normalized spacial score (nSPS) is 17.3. The van der Waals surface area contributed by atoms with E-state index in [2.05, 4.69) is 30.2 Å². The minimum atomic E-state index is -1.48. The highest BCUT2D eigenvalue weighted by Gasteiger charge is 2.44. The number of amides is 1. The van der Waals surface area contributed by atoms with E-state index >= 15 is 0 Å². The summed E-state index contributed by atoms with van der Waals surface area (Å²) in [6, 6.07) is 5.08. The third-order valence-electron chi connectivity index (χ3n) is 6.92. The van der Waals surface area contributed by atoms with Crippen LogP contribution in [0.1, 0.15) is 49.9 Å². The molecule has 2 aliphatic rings. The predicted octanol–water partition coefficient (Wildman–Crippen LogP) is 2.37. The Morgan fingerprint density at radius 2 is 1.92 bits per heavy atom. The molecule has 3 heterocycles. The molecule has 37 heavy (non-hydrogen) atoms. The number of hydrogen-bond acceptors (Lipinski definition) is 9. The van der Waals surface area contributed by atoms with Crippen molar-refractivity contribution in [2.45, 2.75) is 45.1 Å². The van der Waals surface area contributed by atoms with Crippen molar-refractivity contribution >= 4 is 40.0 Å². The number of hydrogen-bond donors (Lipinski definition) is 5. The van der Waals surface area contributed by atoms with Crippen molar-refractivity contribution < 1.29 is 24.0 Å². The van der Waals surface area contributed by atoms with Crippen LogP contribution in [0.15, 0.2) is 24.4 Å². The molecule has 1 aliphatic carbocycles. The zero-order chi connectivity index (χ0) is 26.6. The summed E-state index contributed by atoms with van der Waals surface area (Å²) in [5.41, 5.74) is 0.911. The van der Waals surface area contributed by atoms with Gasteiger partial charge in [-0.15, -0.1) is 0 Å². The van der Waals surface area contributed by atoms with E-state index in [1.54, 1.807) is 18.2 Å². The molecule has 1 saturated carbocycles. The Labute approximate surface area is 219 Å². The first kappa shape index (κ1) is 27.1. The number of nitrogens with zero attached hydrogens (tertiary/aromatic N) is 3. The minimum absolute atomic E-state index is 0.0814. The van der Waals surface area contributed by atoms with Crippen molar-refractivity contribution in [3.8, 4) is 5.75 Å². The molecule has 12 heteroatoms. The fraction of sp³-hybridized carbons (Fsp3) is 0.560. The number of anilines is 4. The molecule has 202 valence electrons. The van der Waals surface area contributed by atoms with E-state index in [4.69, 9.17) is 9.84 Å². The van der Waals surface area contributed by atoms with E-state index in [9.17, 15) is 14.1 Å². The zero-order valence-corrected chi connectivity index (χ0v) is 22.4. The molecule has 2 aromatic heterocycles. The van der Waals surface area contributed by atoms with E-state index < -0.39 is 16.5 Å². The summed E-state index contributed by atoms with van der Waals surface area (Å²) in [7, 11) is 0.0466. The van der Waals surface area contributed by atoms with Gasteiger partial charge >= 0.3 is 0 Å². The summed E-state index contributed by atoms with van der Waals surface area (Å²) in [6.07, 6.45) is 6.16. The molecule has 0 aromatic carbocycles. The Balaban J connectivity index is 1.59. The van der Waals surface area contributed by atoms with Crippen molar-refractivity contribution in [3.63, 3.8) is 0 Å². The van der Waals surface area contributed by atoms with Crippen molar-refractivity contribution in [3.05, 3.63) is 30.0 Å². The Bertz CT molecular complexity index is 1150. The number of aromatic nitrogens is 2. The molecule has 5 N–H and O–H groups in total. The smallest absolute Gasteiger partial charge is 0.260 e. The van der Waals surface area contributed by atoms with Gasteiger partial charge in [-0.1, -0.05) is 0 Å². The third kappa shape index (κ3) is 6.68. The maximum atomic E-state index is 13.4. The minimum Gasteiger partial charge on any atom is -0.493 e. The number of carbonyl (C=O) groups excluding carboxylic acids is 1. The monoisotopic (exact) mass is 532 g/mol. The molecule has 1 atom stereocenters. The lowest BCUT2D eigenvalue weighted by Gasteiger charge is -2.35. The SMILES string of the molecule is COc1ccc(NC(=O)c2cnc(NS(=O)CCO)cc2N2CCC3(CC2)CC3)nc1NC(C)(C)CO. The van der Waals surface area contributed by atoms with Crippen LogP contribution in [0, 0.1) is 5.41 Å². The lowest BCUT2D eigenvalue weighted by Crippen LogP contribution is -2.36. The van der Waals surface area contributed by atoms with Gasteiger partial charge in [-0.2, -0.15) is 0 Å². The topological polar surface area (TPSA) is 149 Å². The number of pyridine rings is 2. The highest BCUT2D eigenvalue weighted by molar-refractivity contribution is 7.86. The van der Waals surface area contributed by atoms with Gasteiger partial charge in [0, 0.05) is 25.4 Å². The van der Waals surface area contributed by atoms with E-state index in [1.807, 2.05) is 13.8 Å². The Morgan fingerprint density at radius 3 is 2.54 bits per heavy atom. The molecule has 1 spiro atoms. The summed E-state index contributed by atoms with van der Waals surface area (Å²) >= 11 is 0. The standard InChI is InChI=1S/C25H36N6O5S/c1-24(2,16-33)29-22-19(36-3)4-5-20(27-22)28-23(34)17-15-26-21(30-37(35)13-12-32)14-18(17)31-10-8-25(6-7-25)9-11-31/h4-5,14-15,32-33H,6-13,16H2,1-3H3,(H,26,30)(H2,27,28,29,34). The average molecular weight is 533 g/mol. The number of carbonyl (C=O) groups is 1. The molecule has 4 rings (SSSR count). The van der Waals surface area contributed by atoms with Crippen molar-refractivity contribution in [2.75, 3.05) is 59.4 Å². The predicted molar refractivity (Wildman–Crippen MR) is 145 cm³/mol. The summed E-state index contributed by atoms with van der Waals surface area (Å²) in [5.74, 6) is 1.28. The van der Waals surface area contributed by atoms with Gasteiger partial charge in [0.25, 0.3) is 5.91 Å². The maximum absolute atomic E-state index is 13.4. The number of aliphatic hydroxyl groups excluding tert-OH is 2. The van der Waals surface area contributed by atoms with Crippen LogP contribution in [0.25, 0.3) is 0 Å². The molecular formula is C25H36N6O5S. The van der Waals surface area contributed by atoms with Gasteiger partial charge in [0.15, 0.2) is 11.6 Å². The number of nitrogens with one attached hydrogen (secondary N) is 3. The second kappa shape index (κ2) is 11.2. The highest BCUT2D eigenvalue weighted by atomic mass is 32.2. The van der Waals surface area contributed by atoms with Gasteiger partial charge in [-0.25, -0.2) is 14.2 Å². The number of aliphatic hydroxyl groups is 2. The molecule has 2 fully saturated rings. The van der Waals surface area contributed by atoms with Crippen LogP contribution in [0.5, 0.6) is 5.75 Å². The highest BCUT2D eigenvalue weighted by Crippen LogP contribution is 2.54. The Morgan fingerprint density at radius 1 is 1.19 bits per heavy atom. The van der Waals surface area contributed by atoms with Gasteiger partial charge in [0.1, 0.15) is 22.6 Å². The van der Waals surface area contributed by atoms with Crippen LogP contribution in [0.3, 0.4) is 0 Å². The van der Waals surface area contributed by atoms with E-state index in [0.717, 1.165) is 25.9 Å². The quantitative estimate of drug-likeness (QED) is 0.294. The van der Waals surface area contributed by atoms with E-state index in [-0.39, 0.29) is 24.9 Å². The Kier molecular flexibility index (Phi) is 8.20.